The van der Waals surface area contributed by atoms with E-state index in [-0.39, 0.29) is 12.5 Å². The summed E-state index contributed by atoms with van der Waals surface area (Å²) < 4.78 is 11.3. The average molecular weight is 269 g/mol. The van der Waals surface area contributed by atoms with Crippen molar-refractivity contribution in [2.45, 2.75) is 0 Å². The Kier molecular flexibility index (Phi) is 4.18. The first-order chi connectivity index (χ1) is 7.13. The average Bonchev–Trinajstić information content (AvgIpc) is 2.26. The summed E-state index contributed by atoms with van der Waals surface area (Å²) in [6, 6.07) is 6.39. The summed E-state index contributed by atoms with van der Waals surface area (Å²) >= 11 is -1.32. The van der Waals surface area contributed by atoms with Crippen molar-refractivity contribution in [2.24, 2.45) is 5.73 Å². The van der Waals surface area contributed by atoms with Gasteiger partial charge in [-0.1, -0.05) is 0 Å². The van der Waals surface area contributed by atoms with E-state index in [0.717, 1.165) is 4.35 Å². The zero-order valence-corrected chi connectivity index (χ0v) is 9.92. The minimum absolute atomic E-state index is 0.185. The van der Waals surface area contributed by atoms with E-state index in [1.807, 2.05) is 0 Å². The quantitative estimate of drug-likeness (QED) is 0.639. The molecule has 2 amide bonds. The number of amides is 2. The molecule has 1 atom stereocenters. The summed E-state index contributed by atoms with van der Waals surface area (Å²) in [4.78, 5) is 21.8. The summed E-state index contributed by atoms with van der Waals surface area (Å²) in [5.74, 6) is -0.961. The van der Waals surface area contributed by atoms with Crippen LogP contribution in [-0.4, -0.2) is 34.1 Å². The summed E-state index contributed by atoms with van der Waals surface area (Å²) in [5, 5.41) is 2.35. The number of benzene rings is 1. The van der Waals surface area contributed by atoms with Gasteiger partial charge in [-0.2, -0.15) is 0 Å². The van der Waals surface area contributed by atoms with Gasteiger partial charge in [0.2, 0.25) is 0 Å². The Morgan fingerprint density at radius 2 is 1.87 bits per heavy atom. The van der Waals surface area contributed by atoms with Crippen molar-refractivity contribution in [2.75, 3.05) is 6.54 Å². The fourth-order valence-corrected chi connectivity index (χ4v) is 1.59. The van der Waals surface area contributed by atoms with Gasteiger partial charge in [0, 0.05) is 0 Å². The molecule has 0 aliphatic heterocycles. The second kappa shape index (κ2) is 5.41. The van der Waals surface area contributed by atoms with Crippen LogP contribution in [0, 0.1) is 0 Å². The van der Waals surface area contributed by atoms with E-state index in [2.05, 4.69) is 5.32 Å². The van der Waals surface area contributed by atoms with Crippen molar-refractivity contribution >= 4 is 31.9 Å². The molecular weight excluding hydrogens is 259 g/mol. The maximum atomic E-state index is 11.4. The topological polar surface area (TPSA) is 89.3 Å². The number of carbonyl (C=O) groups excluding carboxylic acids is 2. The van der Waals surface area contributed by atoms with E-state index >= 15 is 0 Å². The molecule has 1 unspecified atom stereocenters. The van der Waals surface area contributed by atoms with Gasteiger partial charge in [0.15, 0.2) is 0 Å². The van der Waals surface area contributed by atoms with Gasteiger partial charge in [0.05, 0.1) is 0 Å². The Morgan fingerprint density at radius 3 is 2.33 bits per heavy atom. The second-order valence-electron chi connectivity index (χ2n) is 2.83. The predicted molar refractivity (Wildman–Crippen MR) is 55.4 cm³/mol. The Labute approximate surface area is 92.9 Å². The van der Waals surface area contributed by atoms with E-state index in [1.165, 1.54) is 0 Å². The molecule has 0 aliphatic carbocycles. The van der Waals surface area contributed by atoms with Crippen LogP contribution in [0.2, 0.25) is 0 Å². The van der Waals surface area contributed by atoms with E-state index in [4.69, 9.17) is 5.73 Å². The third-order valence-corrected chi connectivity index (χ3v) is 2.88. The van der Waals surface area contributed by atoms with Crippen molar-refractivity contribution in [1.82, 2.24) is 5.32 Å². The normalized spacial score (nSPS) is 9.87. The second-order valence-corrected chi connectivity index (χ2v) is 4.47. The van der Waals surface area contributed by atoms with Gasteiger partial charge in [-0.25, -0.2) is 0 Å². The Morgan fingerprint density at radius 1 is 1.27 bits per heavy atom. The van der Waals surface area contributed by atoms with Crippen molar-refractivity contribution in [3.8, 4) is 0 Å². The first-order valence-corrected chi connectivity index (χ1v) is 6.09. The molecule has 1 aromatic carbocycles. The summed E-state index contributed by atoms with van der Waals surface area (Å²) in [5.41, 5.74) is 5.29. The molecule has 5 nitrogen and oxygen atoms in total. The van der Waals surface area contributed by atoms with Gasteiger partial charge in [0.25, 0.3) is 0 Å². The molecule has 0 bridgehead atoms. The minimum atomic E-state index is -1.32. The molecule has 0 fully saturated rings. The molecule has 0 aromatic heterocycles. The Bertz CT molecular complexity index is 389. The first-order valence-electron chi connectivity index (χ1n) is 4.18. The third kappa shape index (κ3) is 3.64. The van der Waals surface area contributed by atoms with Crippen molar-refractivity contribution in [3.05, 3.63) is 29.8 Å². The Hall–Kier alpha value is -1.48. The first kappa shape index (κ1) is 11.6. The molecule has 15 heavy (non-hydrogen) atoms. The standard InChI is InChI=1S/C9H10AsN2O3/c11-8(13)5-12-9(14)6-1-3-7(10-15)4-2-6/h1-4,10H,5H2,(H2,11,13)(H,12,14). The maximum absolute atomic E-state index is 11.4. The molecule has 79 valence electrons. The fourth-order valence-electron chi connectivity index (χ4n) is 0.959. The molecule has 0 saturated heterocycles. The van der Waals surface area contributed by atoms with Crippen LogP contribution in [0.5, 0.6) is 0 Å². The monoisotopic (exact) mass is 269 g/mol. The van der Waals surface area contributed by atoms with E-state index in [9.17, 15) is 13.3 Å². The van der Waals surface area contributed by atoms with Crippen molar-refractivity contribution in [3.63, 3.8) is 0 Å². The molecule has 0 spiro atoms. The number of rotatable bonds is 4. The van der Waals surface area contributed by atoms with E-state index in [0.29, 0.717) is 5.56 Å². The summed E-state index contributed by atoms with van der Waals surface area (Å²) in [6.07, 6.45) is 0. The van der Waals surface area contributed by atoms with Crippen LogP contribution < -0.4 is 15.4 Å². The Balaban J connectivity index is 2.66. The van der Waals surface area contributed by atoms with Gasteiger partial charge in [-0.3, -0.25) is 0 Å². The number of primary amides is 1. The fraction of sp³-hybridized carbons (Fsp3) is 0.111. The van der Waals surface area contributed by atoms with Gasteiger partial charge >= 0.3 is 92.6 Å². The van der Waals surface area contributed by atoms with E-state index in [1.54, 1.807) is 24.3 Å². The van der Waals surface area contributed by atoms with E-state index < -0.39 is 21.6 Å². The molecule has 0 aliphatic rings. The number of hydrogen-bond donors (Lipinski definition) is 2. The van der Waals surface area contributed by atoms with Crippen molar-refractivity contribution < 1.29 is 13.3 Å². The van der Waals surface area contributed by atoms with Crippen LogP contribution in [0.3, 0.4) is 0 Å². The molecule has 0 heterocycles. The van der Waals surface area contributed by atoms with Crippen LogP contribution >= 0.6 is 0 Å². The van der Waals surface area contributed by atoms with Crippen LogP contribution in [0.25, 0.3) is 0 Å². The number of nitrogens with two attached hydrogens (primary N) is 1. The molecule has 1 radical (unpaired) electrons. The van der Waals surface area contributed by atoms with Gasteiger partial charge < -0.3 is 0 Å². The molecule has 0 saturated carbocycles. The number of carbonyl (C=O) groups is 2. The molecule has 6 heteroatoms. The van der Waals surface area contributed by atoms with Gasteiger partial charge in [0.1, 0.15) is 0 Å². The van der Waals surface area contributed by atoms with Crippen molar-refractivity contribution in [1.29, 1.82) is 0 Å². The molecule has 3 N–H and O–H groups in total. The molecule has 1 aromatic rings. The van der Waals surface area contributed by atoms with Crippen LogP contribution in [0.4, 0.5) is 0 Å². The summed E-state index contributed by atoms with van der Waals surface area (Å²) in [7, 11) is 0. The predicted octanol–water partition coefficient (Wildman–Crippen LogP) is -1.69. The number of hydrogen-bond acceptors (Lipinski definition) is 3. The molecular formula is C9H10AsN2O3. The SMILES string of the molecule is NC(=O)CNC(=O)c1ccc([AsH]=O)cc1. The van der Waals surface area contributed by atoms with Crippen LogP contribution in [-0.2, 0) is 8.53 Å². The summed E-state index contributed by atoms with van der Waals surface area (Å²) in [6.45, 7) is -0.185. The zero-order chi connectivity index (χ0) is 11.3. The third-order valence-electron chi connectivity index (χ3n) is 1.69. The van der Waals surface area contributed by atoms with Crippen LogP contribution in [0.1, 0.15) is 10.4 Å². The van der Waals surface area contributed by atoms with Gasteiger partial charge in [-0.15, -0.1) is 0 Å². The number of nitrogens with one attached hydrogen (secondary N) is 1. The van der Waals surface area contributed by atoms with Crippen LogP contribution in [0.15, 0.2) is 24.3 Å². The molecule has 1 rings (SSSR count). The zero-order valence-electron chi connectivity index (χ0n) is 7.82. The van der Waals surface area contributed by atoms with Gasteiger partial charge in [-0.05, 0) is 0 Å².